The quantitative estimate of drug-likeness (QED) is 0.848. The summed E-state index contributed by atoms with van der Waals surface area (Å²) >= 11 is 0. The lowest BCUT2D eigenvalue weighted by molar-refractivity contribution is -0.145. The van der Waals surface area contributed by atoms with Gasteiger partial charge in [-0.25, -0.2) is 0 Å². The zero-order valence-electron chi connectivity index (χ0n) is 15.2. The number of rotatable bonds is 4. The molecule has 0 saturated heterocycles. The van der Waals surface area contributed by atoms with Crippen molar-refractivity contribution in [1.29, 1.82) is 0 Å². The van der Waals surface area contributed by atoms with Crippen molar-refractivity contribution in [1.82, 2.24) is 15.1 Å². The van der Waals surface area contributed by atoms with Crippen LogP contribution in [0.25, 0.3) is 0 Å². The van der Waals surface area contributed by atoms with Gasteiger partial charge in [0, 0.05) is 38.7 Å². The molecule has 0 aromatic carbocycles. The molecule has 4 aliphatic rings. The van der Waals surface area contributed by atoms with Gasteiger partial charge in [0.25, 0.3) is 5.91 Å². The van der Waals surface area contributed by atoms with Gasteiger partial charge < -0.3 is 16.0 Å². The van der Waals surface area contributed by atoms with Gasteiger partial charge in [0.15, 0.2) is 5.69 Å². The first-order valence-electron chi connectivity index (χ1n) is 9.11. The first-order valence-corrected chi connectivity index (χ1v) is 9.11. The smallest absolute Gasteiger partial charge is 0.272 e. The normalized spacial score (nSPS) is 35.6. The highest BCUT2D eigenvalue weighted by atomic mass is 16.2. The van der Waals surface area contributed by atoms with E-state index >= 15 is 0 Å². The number of nitrogens with one attached hydrogen (secondary N) is 1. The standard InChI is InChI=1S/C18H27N5O2/c1-22(2)14-6-13(21-23(14)3)16(24)20-15-11-4-10-5-12(15)9-18(7-10,8-11)17(19)25/h6,10-12,15H,4-5,7-9H2,1-3H3,(H2,19,25)(H,20,24). The molecule has 0 aliphatic heterocycles. The molecule has 136 valence electrons. The Kier molecular flexibility index (Phi) is 3.60. The number of nitrogens with two attached hydrogens (primary N) is 1. The summed E-state index contributed by atoms with van der Waals surface area (Å²) in [5.41, 5.74) is 5.86. The molecule has 1 aromatic rings. The number of aryl methyl sites for hydroxylation is 1. The molecule has 4 saturated carbocycles. The van der Waals surface area contributed by atoms with E-state index in [1.807, 2.05) is 32.1 Å². The summed E-state index contributed by atoms with van der Waals surface area (Å²) in [4.78, 5) is 26.7. The van der Waals surface area contributed by atoms with E-state index in [0.717, 1.165) is 37.9 Å². The molecule has 7 heteroatoms. The molecule has 0 radical (unpaired) electrons. The summed E-state index contributed by atoms with van der Waals surface area (Å²) in [5, 5.41) is 7.57. The predicted molar refractivity (Wildman–Crippen MR) is 94.0 cm³/mol. The number of hydrogen-bond acceptors (Lipinski definition) is 4. The van der Waals surface area contributed by atoms with Crippen molar-refractivity contribution in [2.45, 2.75) is 38.1 Å². The van der Waals surface area contributed by atoms with Crippen molar-refractivity contribution >= 4 is 17.6 Å². The molecule has 1 heterocycles. The lowest BCUT2D eigenvalue weighted by Crippen LogP contribution is -2.62. The third-order valence-corrected chi connectivity index (χ3v) is 6.64. The molecule has 0 spiro atoms. The topological polar surface area (TPSA) is 93.2 Å². The second kappa shape index (κ2) is 5.47. The summed E-state index contributed by atoms with van der Waals surface area (Å²) in [6.07, 6.45) is 4.79. The molecule has 7 nitrogen and oxygen atoms in total. The minimum atomic E-state index is -0.319. The van der Waals surface area contributed by atoms with Crippen molar-refractivity contribution < 1.29 is 9.59 Å². The zero-order valence-corrected chi connectivity index (χ0v) is 15.2. The Morgan fingerprint density at radius 1 is 1.28 bits per heavy atom. The molecular weight excluding hydrogens is 318 g/mol. The molecule has 2 unspecified atom stereocenters. The fraction of sp³-hybridized carbons (Fsp3) is 0.722. The first kappa shape index (κ1) is 16.4. The highest BCUT2D eigenvalue weighted by Gasteiger charge is 2.58. The van der Waals surface area contributed by atoms with Gasteiger partial charge >= 0.3 is 0 Å². The maximum absolute atomic E-state index is 12.7. The van der Waals surface area contributed by atoms with Gasteiger partial charge in [0.2, 0.25) is 5.91 Å². The van der Waals surface area contributed by atoms with E-state index in [1.54, 1.807) is 4.68 Å². The largest absolute Gasteiger partial charge is 0.369 e. The van der Waals surface area contributed by atoms with Gasteiger partial charge in [-0.15, -0.1) is 0 Å². The number of carbonyl (C=O) groups is 2. The fourth-order valence-electron chi connectivity index (χ4n) is 5.77. The van der Waals surface area contributed by atoms with Crippen LogP contribution in [0.4, 0.5) is 5.82 Å². The van der Waals surface area contributed by atoms with E-state index in [-0.39, 0.29) is 23.3 Å². The molecule has 5 rings (SSSR count). The average Bonchev–Trinajstić information content (AvgIpc) is 2.92. The van der Waals surface area contributed by atoms with Crippen LogP contribution in [0.1, 0.15) is 42.6 Å². The van der Waals surface area contributed by atoms with Crippen LogP contribution >= 0.6 is 0 Å². The highest BCUT2D eigenvalue weighted by molar-refractivity contribution is 5.93. The molecule has 4 aliphatic carbocycles. The molecule has 1 aromatic heterocycles. The van der Waals surface area contributed by atoms with Crippen LogP contribution < -0.4 is 16.0 Å². The summed E-state index contributed by atoms with van der Waals surface area (Å²) in [5.74, 6) is 1.95. The molecular formula is C18H27N5O2. The van der Waals surface area contributed by atoms with Crippen LogP contribution in [-0.4, -0.2) is 41.7 Å². The van der Waals surface area contributed by atoms with E-state index in [0.29, 0.717) is 23.4 Å². The number of primary amides is 1. The number of carbonyl (C=O) groups excluding carboxylic acids is 2. The summed E-state index contributed by atoms with van der Waals surface area (Å²) in [6, 6.07) is 1.96. The van der Waals surface area contributed by atoms with E-state index in [1.165, 1.54) is 0 Å². The maximum atomic E-state index is 12.7. The minimum Gasteiger partial charge on any atom is -0.369 e. The van der Waals surface area contributed by atoms with Gasteiger partial charge in [-0.05, 0) is 49.9 Å². The number of nitrogens with zero attached hydrogens (tertiary/aromatic N) is 3. The predicted octanol–water partition coefficient (Wildman–Crippen LogP) is 0.896. The maximum Gasteiger partial charge on any atom is 0.272 e. The SMILES string of the molecule is CN(C)c1cc(C(=O)NC2C3CC4CC2CC(C(N)=O)(C4)C3)nn1C. The summed E-state index contributed by atoms with van der Waals surface area (Å²) in [7, 11) is 5.70. The molecule has 25 heavy (non-hydrogen) atoms. The Morgan fingerprint density at radius 2 is 1.92 bits per heavy atom. The van der Waals surface area contributed by atoms with Crippen molar-refractivity contribution in [2.75, 3.05) is 19.0 Å². The molecule has 4 bridgehead atoms. The highest BCUT2D eigenvalue weighted by Crippen LogP contribution is 2.59. The zero-order chi connectivity index (χ0) is 17.9. The Bertz CT molecular complexity index is 709. The van der Waals surface area contributed by atoms with Gasteiger partial charge in [0.1, 0.15) is 5.82 Å². The van der Waals surface area contributed by atoms with Gasteiger partial charge in [-0.3, -0.25) is 14.3 Å². The first-order chi connectivity index (χ1) is 11.8. The van der Waals surface area contributed by atoms with E-state index < -0.39 is 0 Å². The second-order valence-corrected chi connectivity index (χ2v) is 8.52. The fourth-order valence-corrected chi connectivity index (χ4v) is 5.77. The van der Waals surface area contributed by atoms with E-state index in [4.69, 9.17) is 5.73 Å². The van der Waals surface area contributed by atoms with Gasteiger partial charge in [-0.2, -0.15) is 5.10 Å². The molecule has 3 N–H and O–H groups in total. The third-order valence-electron chi connectivity index (χ3n) is 6.64. The Balaban J connectivity index is 1.52. The number of amides is 2. The number of hydrogen-bond donors (Lipinski definition) is 2. The van der Waals surface area contributed by atoms with Crippen molar-refractivity contribution in [3.63, 3.8) is 0 Å². The van der Waals surface area contributed by atoms with Gasteiger partial charge in [-0.1, -0.05) is 0 Å². The van der Waals surface area contributed by atoms with Crippen LogP contribution in [0.5, 0.6) is 0 Å². The van der Waals surface area contributed by atoms with Crippen LogP contribution in [0, 0.1) is 23.2 Å². The molecule has 2 atom stereocenters. The monoisotopic (exact) mass is 345 g/mol. The lowest BCUT2D eigenvalue weighted by atomic mass is 9.47. The van der Waals surface area contributed by atoms with Crippen LogP contribution in [0.15, 0.2) is 6.07 Å². The Hall–Kier alpha value is -2.05. The summed E-state index contributed by atoms with van der Waals surface area (Å²) < 4.78 is 1.72. The van der Waals surface area contributed by atoms with Crippen LogP contribution in [0.3, 0.4) is 0 Å². The second-order valence-electron chi connectivity index (χ2n) is 8.52. The van der Waals surface area contributed by atoms with Crippen molar-refractivity contribution in [2.24, 2.45) is 36.0 Å². The van der Waals surface area contributed by atoms with E-state index in [9.17, 15) is 9.59 Å². The third kappa shape index (κ3) is 2.51. The van der Waals surface area contributed by atoms with Crippen molar-refractivity contribution in [3.8, 4) is 0 Å². The van der Waals surface area contributed by atoms with Gasteiger partial charge in [0.05, 0.1) is 0 Å². The Morgan fingerprint density at radius 3 is 2.44 bits per heavy atom. The van der Waals surface area contributed by atoms with Crippen LogP contribution in [-0.2, 0) is 11.8 Å². The van der Waals surface area contributed by atoms with Crippen molar-refractivity contribution in [3.05, 3.63) is 11.8 Å². The lowest BCUT2D eigenvalue weighted by Gasteiger charge is -2.58. The average molecular weight is 345 g/mol. The van der Waals surface area contributed by atoms with Crippen LogP contribution in [0.2, 0.25) is 0 Å². The number of aromatic nitrogens is 2. The Labute approximate surface area is 147 Å². The van der Waals surface area contributed by atoms with E-state index in [2.05, 4.69) is 10.4 Å². The summed E-state index contributed by atoms with van der Waals surface area (Å²) in [6.45, 7) is 0. The minimum absolute atomic E-state index is 0.116. The molecule has 4 fully saturated rings. The molecule has 2 amide bonds. The number of anilines is 1.